The van der Waals surface area contributed by atoms with E-state index in [2.05, 4.69) is 6.58 Å². The molecule has 24 heavy (non-hydrogen) atoms. The molecular formula is C20H24O4. The van der Waals surface area contributed by atoms with Gasteiger partial charge in [0.1, 0.15) is 5.75 Å². The predicted octanol–water partition coefficient (Wildman–Crippen LogP) is 2.51. The van der Waals surface area contributed by atoms with Crippen LogP contribution in [0.3, 0.4) is 0 Å². The Morgan fingerprint density at radius 1 is 1.33 bits per heavy atom. The zero-order valence-electron chi connectivity index (χ0n) is 13.7. The lowest BCUT2D eigenvalue weighted by Crippen LogP contribution is -2.18. The number of aliphatic hydroxyl groups is 2. The molecule has 128 valence electrons. The Balaban J connectivity index is 1.49. The number of carbonyl (C=O) groups is 1. The van der Waals surface area contributed by atoms with Crippen molar-refractivity contribution in [3.8, 4) is 5.75 Å². The van der Waals surface area contributed by atoms with Crippen molar-refractivity contribution in [2.75, 3.05) is 6.61 Å². The molecule has 2 saturated carbocycles. The average molecular weight is 328 g/mol. The zero-order valence-corrected chi connectivity index (χ0v) is 13.7. The number of para-hydroxylation sites is 1. The molecule has 0 aliphatic heterocycles. The highest BCUT2D eigenvalue weighted by molar-refractivity contribution is 5.99. The Hall–Kier alpha value is -1.91. The first-order valence-corrected chi connectivity index (χ1v) is 8.50. The summed E-state index contributed by atoms with van der Waals surface area (Å²) in [4.78, 5) is 12.0. The average Bonchev–Trinajstić information content (AvgIpc) is 3.02. The van der Waals surface area contributed by atoms with Gasteiger partial charge in [-0.3, -0.25) is 4.79 Å². The molecule has 1 aromatic carbocycles. The third-order valence-corrected chi connectivity index (χ3v) is 5.10. The Bertz CT molecular complexity index is 622. The van der Waals surface area contributed by atoms with Gasteiger partial charge in [0, 0.05) is 18.3 Å². The number of Topliss-reactive ketones (excluding diaryl/α,β-unsaturated/α-hetero) is 1. The van der Waals surface area contributed by atoms with Crippen molar-refractivity contribution in [1.82, 2.24) is 0 Å². The van der Waals surface area contributed by atoms with Crippen LogP contribution >= 0.6 is 0 Å². The van der Waals surface area contributed by atoms with Gasteiger partial charge in [0.15, 0.2) is 5.78 Å². The van der Waals surface area contributed by atoms with Crippen molar-refractivity contribution < 1.29 is 19.7 Å². The van der Waals surface area contributed by atoms with Crippen LogP contribution in [0.5, 0.6) is 5.75 Å². The molecule has 1 aromatic rings. The van der Waals surface area contributed by atoms with Crippen LogP contribution in [0, 0.1) is 17.8 Å². The fraction of sp³-hybridized carbons (Fsp3) is 0.450. The summed E-state index contributed by atoms with van der Waals surface area (Å²) in [7, 11) is 0. The molecule has 0 radical (unpaired) electrons. The molecule has 4 heteroatoms. The topological polar surface area (TPSA) is 66.8 Å². The maximum atomic E-state index is 12.0. The highest BCUT2D eigenvalue weighted by Gasteiger charge is 2.49. The van der Waals surface area contributed by atoms with Gasteiger partial charge in [-0.15, -0.1) is 0 Å². The van der Waals surface area contributed by atoms with Gasteiger partial charge in [0.2, 0.25) is 0 Å². The van der Waals surface area contributed by atoms with Crippen molar-refractivity contribution in [3.63, 3.8) is 0 Å². The molecule has 0 heterocycles. The summed E-state index contributed by atoms with van der Waals surface area (Å²) in [6.45, 7) is 4.24. The van der Waals surface area contributed by atoms with E-state index >= 15 is 0 Å². The SMILES string of the molecule is C=C1C[C@H]2[C@H](C=C[C@@H](O)CCOc3ccccc3)[C@H](O)C[C@@H]2C1=O. The summed E-state index contributed by atoms with van der Waals surface area (Å²) >= 11 is 0. The first kappa shape index (κ1) is 16.9. The number of allylic oxidation sites excluding steroid dienone is 1. The minimum Gasteiger partial charge on any atom is -0.493 e. The number of hydrogen-bond acceptors (Lipinski definition) is 4. The zero-order chi connectivity index (χ0) is 17.1. The molecule has 2 aliphatic carbocycles. The van der Waals surface area contributed by atoms with Crippen molar-refractivity contribution in [3.05, 3.63) is 54.6 Å². The van der Waals surface area contributed by atoms with Crippen LogP contribution in [0.1, 0.15) is 19.3 Å². The molecule has 0 spiro atoms. The Labute approximate surface area is 142 Å². The van der Waals surface area contributed by atoms with Crippen LogP contribution in [0.15, 0.2) is 54.6 Å². The fourth-order valence-corrected chi connectivity index (χ4v) is 3.81. The first-order valence-electron chi connectivity index (χ1n) is 8.50. The number of carbonyl (C=O) groups excluding carboxylic acids is 1. The standard InChI is InChI=1S/C20H24O4/c1-13-11-17-16(19(22)12-18(17)20(13)23)8-7-14(21)9-10-24-15-5-3-2-4-6-15/h2-8,14,16-19,21-22H,1,9-12H2/t14-,16+,17+,18+,19-/m1/s1. The summed E-state index contributed by atoms with van der Waals surface area (Å²) in [5.41, 5.74) is 0.673. The Morgan fingerprint density at radius 2 is 2.08 bits per heavy atom. The highest BCUT2D eigenvalue weighted by atomic mass is 16.5. The monoisotopic (exact) mass is 328 g/mol. The van der Waals surface area contributed by atoms with E-state index in [4.69, 9.17) is 4.74 Å². The molecule has 2 N–H and O–H groups in total. The highest BCUT2D eigenvalue weighted by Crippen LogP contribution is 2.48. The van der Waals surface area contributed by atoms with Crippen LogP contribution in [-0.2, 0) is 4.79 Å². The number of ketones is 1. The van der Waals surface area contributed by atoms with Crippen molar-refractivity contribution >= 4 is 5.78 Å². The van der Waals surface area contributed by atoms with Gasteiger partial charge in [-0.05, 0) is 36.5 Å². The first-order chi connectivity index (χ1) is 11.6. The lowest BCUT2D eigenvalue weighted by atomic mass is 9.90. The van der Waals surface area contributed by atoms with Crippen LogP contribution in [0.25, 0.3) is 0 Å². The lowest BCUT2D eigenvalue weighted by Gasteiger charge is -2.17. The van der Waals surface area contributed by atoms with Gasteiger partial charge < -0.3 is 14.9 Å². The minimum absolute atomic E-state index is 0.0807. The molecule has 0 saturated heterocycles. The third-order valence-electron chi connectivity index (χ3n) is 5.10. The van der Waals surface area contributed by atoms with Crippen LogP contribution < -0.4 is 4.74 Å². The van der Waals surface area contributed by atoms with E-state index in [-0.39, 0.29) is 23.5 Å². The van der Waals surface area contributed by atoms with Gasteiger partial charge in [-0.25, -0.2) is 0 Å². The Kier molecular flexibility index (Phi) is 5.17. The molecule has 2 aliphatic rings. The van der Waals surface area contributed by atoms with Gasteiger partial charge in [-0.1, -0.05) is 36.9 Å². The number of ether oxygens (including phenoxy) is 1. The molecule has 0 amide bonds. The number of rotatable bonds is 6. The molecule has 0 bridgehead atoms. The van der Waals surface area contributed by atoms with Gasteiger partial charge in [0.25, 0.3) is 0 Å². The molecule has 0 unspecified atom stereocenters. The molecule has 4 nitrogen and oxygen atoms in total. The number of aliphatic hydroxyl groups excluding tert-OH is 2. The number of fused-ring (bicyclic) bond motifs is 1. The summed E-state index contributed by atoms with van der Waals surface area (Å²) in [5, 5.41) is 20.3. The van der Waals surface area contributed by atoms with E-state index in [1.54, 1.807) is 6.08 Å². The number of hydrogen-bond donors (Lipinski definition) is 2. The second-order valence-electron chi connectivity index (χ2n) is 6.73. The third kappa shape index (κ3) is 3.60. The van der Waals surface area contributed by atoms with Crippen molar-refractivity contribution in [2.24, 2.45) is 17.8 Å². The molecule has 2 fully saturated rings. The largest absolute Gasteiger partial charge is 0.493 e. The van der Waals surface area contributed by atoms with Crippen LogP contribution in [0.4, 0.5) is 0 Å². The van der Waals surface area contributed by atoms with Crippen LogP contribution in [-0.4, -0.2) is 34.8 Å². The van der Waals surface area contributed by atoms with E-state index in [1.165, 1.54) is 0 Å². The van der Waals surface area contributed by atoms with E-state index in [0.29, 0.717) is 31.4 Å². The molecule has 0 aromatic heterocycles. The van der Waals surface area contributed by atoms with Gasteiger partial charge >= 0.3 is 0 Å². The fourth-order valence-electron chi connectivity index (χ4n) is 3.81. The normalized spacial score (nSPS) is 30.8. The molecule has 3 rings (SSSR count). The van der Waals surface area contributed by atoms with E-state index in [9.17, 15) is 15.0 Å². The lowest BCUT2D eigenvalue weighted by molar-refractivity contribution is -0.118. The summed E-state index contributed by atoms with van der Waals surface area (Å²) < 4.78 is 5.57. The molecular weight excluding hydrogens is 304 g/mol. The maximum Gasteiger partial charge on any atom is 0.161 e. The summed E-state index contributed by atoms with van der Waals surface area (Å²) in [5.74, 6) is 0.838. The van der Waals surface area contributed by atoms with Crippen molar-refractivity contribution in [2.45, 2.75) is 31.5 Å². The predicted molar refractivity (Wildman–Crippen MR) is 91.6 cm³/mol. The maximum absolute atomic E-state index is 12.0. The molecule has 5 atom stereocenters. The van der Waals surface area contributed by atoms with Gasteiger partial charge in [-0.2, -0.15) is 0 Å². The van der Waals surface area contributed by atoms with E-state index in [1.807, 2.05) is 36.4 Å². The second-order valence-corrected chi connectivity index (χ2v) is 6.73. The summed E-state index contributed by atoms with van der Waals surface area (Å²) in [6, 6.07) is 9.48. The quantitative estimate of drug-likeness (QED) is 0.622. The van der Waals surface area contributed by atoms with Crippen LogP contribution in [0.2, 0.25) is 0 Å². The van der Waals surface area contributed by atoms with E-state index in [0.717, 1.165) is 5.75 Å². The van der Waals surface area contributed by atoms with E-state index < -0.39 is 12.2 Å². The second kappa shape index (κ2) is 7.32. The smallest absolute Gasteiger partial charge is 0.161 e. The minimum atomic E-state index is -0.625. The van der Waals surface area contributed by atoms with Gasteiger partial charge in [0.05, 0.1) is 18.8 Å². The van der Waals surface area contributed by atoms with Crippen molar-refractivity contribution in [1.29, 1.82) is 0 Å². The Morgan fingerprint density at radius 3 is 2.83 bits per heavy atom. The summed E-state index contributed by atoms with van der Waals surface area (Å²) in [6.07, 6.45) is 4.09. The number of benzene rings is 1.